The first-order chi connectivity index (χ1) is 5.43. The highest BCUT2D eigenvalue weighted by molar-refractivity contribution is 5.35. The molecule has 0 aliphatic rings. The summed E-state index contributed by atoms with van der Waals surface area (Å²) < 4.78 is 36.9. The van der Waals surface area contributed by atoms with E-state index in [-0.39, 0.29) is 11.1 Å². The van der Waals surface area contributed by atoms with Gasteiger partial charge in [-0.05, 0) is 25.0 Å². The highest BCUT2D eigenvalue weighted by atomic mass is 19.4. The predicted molar refractivity (Wildman–Crippen MR) is 40.9 cm³/mol. The minimum atomic E-state index is -4.23. The van der Waals surface area contributed by atoms with Gasteiger partial charge in [0, 0.05) is 0 Å². The summed E-state index contributed by atoms with van der Waals surface area (Å²) in [6.07, 6.45) is -4.23. The van der Waals surface area contributed by atoms with Crippen LogP contribution >= 0.6 is 0 Å². The van der Waals surface area contributed by atoms with E-state index in [4.69, 9.17) is 0 Å². The zero-order valence-corrected chi connectivity index (χ0v) is 6.87. The third-order valence-corrected chi connectivity index (χ3v) is 1.76. The topological polar surface area (TPSA) is 0 Å². The molecule has 3 heteroatoms. The van der Waals surface area contributed by atoms with E-state index in [2.05, 4.69) is 0 Å². The molecule has 0 amide bonds. The smallest absolute Gasteiger partial charge is 0.166 e. The van der Waals surface area contributed by atoms with E-state index in [0.717, 1.165) is 0 Å². The van der Waals surface area contributed by atoms with Crippen LogP contribution < -0.4 is 0 Å². The molecule has 0 saturated heterocycles. The molecular formula is C9H9F3. The largest absolute Gasteiger partial charge is 0.416 e. The zero-order valence-electron chi connectivity index (χ0n) is 6.87. The van der Waals surface area contributed by atoms with Crippen molar-refractivity contribution >= 4 is 0 Å². The third-order valence-electron chi connectivity index (χ3n) is 1.76. The zero-order chi connectivity index (χ0) is 9.35. The fourth-order valence-corrected chi connectivity index (χ4v) is 1.26. The summed E-state index contributed by atoms with van der Waals surface area (Å²) in [4.78, 5) is 0. The Morgan fingerprint density at radius 2 is 1.42 bits per heavy atom. The van der Waals surface area contributed by atoms with Gasteiger partial charge in [-0.25, -0.2) is 0 Å². The molecule has 0 saturated carbocycles. The molecule has 1 rings (SSSR count). The Balaban J connectivity index is 3.31. The molecule has 0 N–H and O–H groups in total. The monoisotopic (exact) mass is 174 g/mol. The van der Waals surface area contributed by atoms with Crippen molar-refractivity contribution in [2.45, 2.75) is 20.0 Å². The molecule has 0 radical (unpaired) electrons. The van der Waals surface area contributed by atoms with E-state index in [1.165, 1.54) is 26.0 Å². The second kappa shape index (κ2) is 2.81. The van der Waals surface area contributed by atoms with Gasteiger partial charge in [0.05, 0.1) is 5.56 Å². The number of hydrogen-bond acceptors (Lipinski definition) is 0. The molecular weight excluding hydrogens is 165 g/mol. The standard InChI is InChI=1S/C9H9F3/c1-6-4-3-5-7(2)8(6)9(10,11)12/h3-5H,1-2H3. The number of alkyl halides is 3. The molecule has 0 fully saturated rings. The second-order valence-corrected chi connectivity index (χ2v) is 2.76. The number of hydrogen-bond donors (Lipinski definition) is 0. The maximum atomic E-state index is 12.3. The van der Waals surface area contributed by atoms with Crippen LogP contribution in [0, 0.1) is 13.8 Å². The lowest BCUT2D eigenvalue weighted by molar-refractivity contribution is -0.138. The van der Waals surface area contributed by atoms with Gasteiger partial charge >= 0.3 is 6.18 Å². The quantitative estimate of drug-likeness (QED) is 0.566. The van der Waals surface area contributed by atoms with Gasteiger partial charge in [0.1, 0.15) is 0 Å². The van der Waals surface area contributed by atoms with Gasteiger partial charge in [-0.15, -0.1) is 0 Å². The number of halogens is 3. The molecule has 66 valence electrons. The van der Waals surface area contributed by atoms with E-state index in [1.54, 1.807) is 6.07 Å². The molecule has 0 heterocycles. The van der Waals surface area contributed by atoms with Crippen molar-refractivity contribution in [3.63, 3.8) is 0 Å². The summed E-state index contributed by atoms with van der Waals surface area (Å²) in [6, 6.07) is 4.56. The lowest BCUT2D eigenvalue weighted by atomic mass is 10.0. The molecule has 0 aliphatic heterocycles. The van der Waals surface area contributed by atoms with E-state index >= 15 is 0 Å². The minimum absolute atomic E-state index is 0.280. The third kappa shape index (κ3) is 1.60. The van der Waals surface area contributed by atoms with E-state index < -0.39 is 11.7 Å². The van der Waals surface area contributed by atoms with Crippen LogP contribution in [0.25, 0.3) is 0 Å². The average molecular weight is 174 g/mol. The van der Waals surface area contributed by atoms with Crippen molar-refractivity contribution in [3.05, 3.63) is 34.9 Å². The van der Waals surface area contributed by atoms with Crippen molar-refractivity contribution in [2.24, 2.45) is 0 Å². The highest BCUT2D eigenvalue weighted by Crippen LogP contribution is 2.33. The SMILES string of the molecule is Cc1cccc(C)c1C(F)(F)F. The fraction of sp³-hybridized carbons (Fsp3) is 0.333. The van der Waals surface area contributed by atoms with E-state index in [1.807, 2.05) is 0 Å². The Morgan fingerprint density at radius 1 is 1.00 bits per heavy atom. The van der Waals surface area contributed by atoms with E-state index in [0.29, 0.717) is 0 Å². The number of aryl methyl sites for hydroxylation is 2. The van der Waals surface area contributed by atoms with Crippen LogP contribution in [0.1, 0.15) is 16.7 Å². The van der Waals surface area contributed by atoms with Crippen LogP contribution in [0.3, 0.4) is 0 Å². The highest BCUT2D eigenvalue weighted by Gasteiger charge is 2.33. The first-order valence-corrected chi connectivity index (χ1v) is 3.56. The van der Waals surface area contributed by atoms with Gasteiger partial charge in [0.15, 0.2) is 0 Å². The normalized spacial score (nSPS) is 11.8. The summed E-state index contributed by atoms with van der Waals surface area (Å²) in [5, 5.41) is 0. The van der Waals surface area contributed by atoms with Crippen LogP contribution in [-0.4, -0.2) is 0 Å². The van der Waals surface area contributed by atoms with Crippen LogP contribution in [0.4, 0.5) is 13.2 Å². The maximum absolute atomic E-state index is 12.3. The first kappa shape index (κ1) is 9.10. The second-order valence-electron chi connectivity index (χ2n) is 2.76. The lowest BCUT2D eigenvalue weighted by Crippen LogP contribution is -2.09. The first-order valence-electron chi connectivity index (χ1n) is 3.56. The molecule has 12 heavy (non-hydrogen) atoms. The minimum Gasteiger partial charge on any atom is -0.166 e. The molecule has 0 aliphatic carbocycles. The molecule has 0 atom stereocenters. The Labute approximate surface area is 69.0 Å². The van der Waals surface area contributed by atoms with Crippen molar-refractivity contribution < 1.29 is 13.2 Å². The summed E-state index contributed by atoms with van der Waals surface area (Å²) in [6.45, 7) is 2.94. The predicted octanol–water partition coefficient (Wildman–Crippen LogP) is 3.32. The van der Waals surface area contributed by atoms with Crippen molar-refractivity contribution in [2.75, 3.05) is 0 Å². The molecule has 0 spiro atoms. The van der Waals surface area contributed by atoms with Gasteiger partial charge < -0.3 is 0 Å². The maximum Gasteiger partial charge on any atom is 0.416 e. The van der Waals surface area contributed by atoms with Gasteiger partial charge in [0.2, 0.25) is 0 Å². The van der Waals surface area contributed by atoms with E-state index in [9.17, 15) is 13.2 Å². The van der Waals surface area contributed by atoms with Crippen LogP contribution in [0.15, 0.2) is 18.2 Å². The van der Waals surface area contributed by atoms with Crippen LogP contribution in [0.5, 0.6) is 0 Å². The lowest BCUT2D eigenvalue weighted by Gasteiger charge is -2.12. The molecule has 0 bridgehead atoms. The van der Waals surface area contributed by atoms with Crippen molar-refractivity contribution in [3.8, 4) is 0 Å². The Kier molecular flexibility index (Phi) is 2.13. The Hall–Kier alpha value is -0.990. The Morgan fingerprint density at radius 3 is 1.67 bits per heavy atom. The van der Waals surface area contributed by atoms with Gasteiger partial charge in [-0.1, -0.05) is 18.2 Å². The summed E-state index contributed by atoms with van der Waals surface area (Å²) in [5.41, 5.74) is 0.0509. The molecule has 0 aromatic heterocycles. The van der Waals surface area contributed by atoms with Gasteiger partial charge in [-0.2, -0.15) is 13.2 Å². The average Bonchev–Trinajstić information content (AvgIpc) is 1.82. The molecule has 1 aromatic carbocycles. The summed E-state index contributed by atoms with van der Waals surface area (Å²) in [7, 11) is 0. The molecule has 1 aromatic rings. The number of benzene rings is 1. The number of rotatable bonds is 0. The summed E-state index contributed by atoms with van der Waals surface area (Å²) in [5.74, 6) is 0. The van der Waals surface area contributed by atoms with Crippen molar-refractivity contribution in [1.29, 1.82) is 0 Å². The summed E-state index contributed by atoms with van der Waals surface area (Å²) >= 11 is 0. The Bertz CT molecular complexity index is 266. The molecule has 0 nitrogen and oxygen atoms in total. The fourth-order valence-electron chi connectivity index (χ4n) is 1.26. The van der Waals surface area contributed by atoms with Crippen LogP contribution in [-0.2, 0) is 6.18 Å². The van der Waals surface area contributed by atoms with Crippen LogP contribution in [0.2, 0.25) is 0 Å². The van der Waals surface area contributed by atoms with Gasteiger partial charge in [-0.3, -0.25) is 0 Å². The molecule has 0 unspecified atom stereocenters. The van der Waals surface area contributed by atoms with Gasteiger partial charge in [0.25, 0.3) is 0 Å². The van der Waals surface area contributed by atoms with Crippen molar-refractivity contribution in [1.82, 2.24) is 0 Å².